The van der Waals surface area contributed by atoms with Crippen LogP contribution in [0.3, 0.4) is 0 Å². The van der Waals surface area contributed by atoms with E-state index in [1.807, 2.05) is 30.3 Å². The van der Waals surface area contributed by atoms with Crippen LogP contribution in [0.1, 0.15) is 0 Å². The van der Waals surface area contributed by atoms with Gasteiger partial charge in [-0.05, 0) is 29.8 Å². The van der Waals surface area contributed by atoms with E-state index >= 15 is 0 Å². The fraction of sp³-hybridized carbons (Fsp3) is 0. The predicted molar refractivity (Wildman–Crippen MR) is 87.0 cm³/mol. The summed E-state index contributed by atoms with van der Waals surface area (Å²) in [5.41, 5.74) is 13.6. The number of aromatic nitrogens is 1. The van der Waals surface area contributed by atoms with Crippen LogP contribution in [0.2, 0.25) is 0 Å². The highest BCUT2D eigenvalue weighted by molar-refractivity contribution is 6.25. The van der Waals surface area contributed by atoms with Gasteiger partial charge >= 0.3 is 0 Å². The molecule has 7 heteroatoms. The summed E-state index contributed by atoms with van der Waals surface area (Å²) < 4.78 is 0. The maximum atomic E-state index is 5.64. The molecule has 0 bridgehead atoms. The second kappa shape index (κ2) is 9.77. The number of rotatable bonds is 2. The Bertz CT molecular complexity index is 558. The molecule has 4 N–H and O–H groups in total. The highest BCUT2D eigenvalue weighted by atomic mass is 35.5. The summed E-state index contributed by atoms with van der Waals surface area (Å²) in [5.74, 6) is 0.649. The summed E-state index contributed by atoms with van der Waals surface area (Å²) in [6, 6.07) is 12.7. The number of azo groups is 1. The number of hydrogen-bond acceptors (Lipinski definition) is 5. The lowest BCUT2D eigenvalue weighted by atomic mass is 10.3. The molecule has 106 valence electrons. The number of nitrogens with zero attached hydrogens (tertiary/aromatic N) is 3. The standard InChI is InChI=1S/C11H11N5.C2H3Cl.ClH/c12-10-7-6-9(11(13)14-10)16-15-8-4-2-1-3-5-8;1-2-3;/h1-7H,(H4,12,13,14);2H,1H2;1H/b16-15+;;. The van der Waals surface area contributed by atoms with E-state index in [1.165, 1.54) is 5.54 Å². The van der Waals surface area contributed by atoms with Gasteiger partial charge in [-0.25, -0.2) is 4.98 Å². The van der Waals surface area contributed by atoms with Crippen molar-refractivity contribution in [1.29, 1.82) is 0 Å². The van der Waals surface area contributed by atoms with Crippen molar-refractivity contribution < 1.29 is 0 Å². The van der Waals surface area contributed by atoms with Crippen LogP contribution in [0.15, 0.2) is 64.8 Å². The van der Waals surface area contributed by atoms with E-state index in [0.29, 0.717) is 11.5 Å². The Kier molecular flexibility index (Phi) is 8.74. The molecule has 5 nitrogen and oxygen atoms in total. The van der Waals surface area contributed by atoms with E-state index in [1.54, 1.807) is 12.1 Å². The van der Waals surface area contributed by atoms with Crippen molar-refractivity contribution >= 4 is 47.0 Å². The lowest BCUT2D eigenvalue weighted by molar-refractivity contribution is 1.21. The van der Waals surface area contributed by atoms with Gasteiger partial charge in [-0.1, -0.05) is 36.4 Å². The molecular formula is C13H15Cl2N5. The molecule has 0 aliphatic rings. The number of nitrogen functional groups attached to an aromatic ring is 2. The van der Waals surface area contributed by atoms with E-state index in [0.717, 1.165) is 5.69 Å². The quantitative estimate of drug-likeness (QED) is 0.803. The SMILES string of the molecule is C=CCl.Cl.Nc1ccc(/N=N/c2ccccc2)c(N)n1. The normalized spacial score (nSPS) is 9.25. The molecule has 2 rings (SSSR count). The summed E-state index contributed by atoms with van der Waals surface area (Å²) in [6.07, 6.45) is 0. The fourth-order valence-electron chi connectivity index (χ4n) is 1.17. The van der Waals surface area contributed by atoms with Gasteiger partial charge in [0.2, 0.25) is 0 Å². The Hall–Kier alpha value is -2.11. The topological polar surface area (TPSA) is 89.6 Å². The average molecular weight is 312 g/mol. The maximum Gasteiger partial charge on any atom is 0.153 e. The Morgan fingerprint density at radius 2 is 1.65 bits per heavy atom. The molecule has 0 fully saturated rings. The largest absolute Gasteiger partial charge is 0.384 e. The molecule has 1 aromatic heterocycles. The third-order valence-electron chi connectivity index (χ3n) is 1.95. The van der Waals surface area contributed by atoms with E-state index in [4.69, 9.17) is 23.1 Å². The average Bonchev–Trinajstić information content (AvgIpc) is 2.40. The van der Waals surface area contributed by atoms with Crippen molar-refractivity contribution in [2.24, 2.45) is 10.2 Å². The summed E-state index contributed by atoms with van der Waals surface area (Å²) in [6.45, 7) is 3.13. The summed E-state index contributed by atoms with van der Waals surface area (Å²) >= 11 is 4.76. The number of nitrogens with two attached hydrogens (primary N) is 2. The third-order valence-corrected chi connectivity index (χ3v) is 1.95. The van der Waals surface area contributed by atoms with E-state index in [-0.39, 0.29) is 18.2 Å². The molecule has 0 amide bonds. The molecule has 0 spiro atoms. The molecule has 0 aliphatic carbocycles. The zero-order valence-electron chi connectivity index (χ0n) is 10.6. The second-order valence-corrected chi connectivity index (χ2v) is 3.64. The van der Waals surface area contributed by atoms with Gasteiger partial charge in [0.05, 0.1) is 5.69 Å². The number of hydrogen-bond donors (Lipinski definition) is 2. The minimum absolute atomic E-state index is 0. The van der Waals surface area contributed by atoms with Crippen molar-refractivity contribution in [2.75, 3.05) is 11.5 Å². The van der Waals surface area contributed by atoms with Crippen molar-refractivity contribution in [3.63, 3.8) is 0 Å². The van der Waals surface area contributed by atoms with Crippen LogP contribution in [-0.2, 0) is 0 Å². The number of halogens is 2. The summed E-state index contributed by atoms with van der Waals surface area (Å²) in [5, 5.41) is 8.03. The lowest BCUT2D eigenvalue weighted by Gasteiger charge is -1.98. The van der Waals surface area contributed by atoms with Crippen LogP contribution in [0, 0.1) is 0 Å². The second-order valence-electron chi connectivity index (χ2n) is 3.33. The van der Waals surface area contributed by atoms with E-state index in [9.17, 15) is 0 Å². The zero-order valence-corrected chi connectivity index (χ0v) is 12.2. The van der Waals surface area contributed by atoms with Crippen LogP contribution in [0.5, 0.6) is 0 Å². The zero-order chi connectivity index (χ0) is 14.1. The number of anilines is 2. The Balaban J connectivity index is 0.000000830. The molecule has 1 heterocycles. The predicted octanol–water partition coefficient (Wildman–Crippen LogP) is 4.45. The molecule has 20 heavy (non-hydrogen) atoms. The lowest BCUT2D eigenvalue weighted by Crippen LogP contribution is -1.95. The maximum absolute atomic E-state index is 5.64. The fourth-order valence-corrected chi connectivity index (χ4v) is 1.17. The van der Waals surface area contributed by atoms with Crippen LogP contribution < -0.4 is 11.5 Å². The van der Waals surface area contributed by atoms with Gasteiger partial charge < -0.3 is 11.5 Å². The third kappa shape index (κ3) is 6.17. The molecule has 2 aromatic rings. The molecular weight excluding hydrogens is 297 g/mol. The first kappa shape index (κ1) is 17.9. The Morgan fingerprint density at radius 1 is 1.05 bits per heavy atom. The Labute approximate surface area is 128 Å². The van der Waals surface area contributed by atoms with Crippen molar-refractivity contribution in [1.82, 2.24) is 4.98 Å². The van der Waals surface area contributed by atoms with Crippen molar-refractivity contribution in [3.05, 3.63) is 54.6 Å². The van der Waals surface area contributed by atoms with Gasteiger partial charge in [-0.2, -0.15) is 5.11 Å². The number of benzene rings is 1. The van der Waals surface area contributed by atoms with Crippen LogP contribution in [-0.4, -0.2) is 4.98 Å². The van der Waals surface area contributed by atoms with Gasteiger partial charge in [0.25, 0.3) is 0 Å². The van der Waals surface area contributed by atoms with Crippen molar-refractivity contribution in [2.45, 2.75) is 0 Å². The highest BCUT2D eigenvalue weighted by Crippen LogP contribution is 2.23. The Morgan fingerprint density at radius 3 is 2.20 bits per heavy atom. The first-order valence-electron chi connectivity index (χ1n) is 5.37. The molecule has 0 unspecified atom stereocenters. The highest BCUT2D eigenvalue weighted by Gasteiger charge is 1.98. The minimum atomic E-state index is 0. The molecule has 0 atom stereocenters. The molecule has 0 saturated heterocycles. The molecule has 0 radical (unpaired) electrons. The first-order chi connectivity index (χ1) is 9.17. The van der Waals surface area contributed by atoms with Gasteiger partial charge in [-0.15, -0.1) is 17.5 Å². The van der Waals surface area contributed by atoms with Gasteiger partial charge in [0, 0.05) is 0 Å². The first-order valence-corrected chi connectivity index (χ1v) is 5.81. The van der Waals surface area contributed by atoms with Gasteiger partial charge in [0.1, 0.15) is 11.5 Å². The smallest absolute Gasteiger partial charge is 0.153 e. The minimum Gasteiger partial charge on any atom is -0.384 e. The van der Waals surface area contributed by atoms with Gasteiger partial charge in [0.15, 0.2) is 5.82 Å². The molecule has 0 saturated carbocycles. The van der Waals surface area contributed by atoms with E-state index < -0.39 is 0 Å². The number of pyridine rings is 1. The van der Waals surface area contributed by atoms with E-state index in [2.05, 4.69) is 21.8 Å². The van der Waals surface area contributed by atoms with Crippen LogP contribution in [0.25, 0.3) is 0 Å². The molecule has 1 aromatic carbocycles. The molecule has 0 aliphatic heterocycles. The van der Waals surface area contributed by atoms with Crippen molar-refractivity contribution in [3.8, 4) is 0 Å². The van der Waals surface area contributed by atoms with Gasteiger partial charge in [-0.3, -0.25) is 0 Å². The van der Waals surface area contributed by atoms with Crippen LogP contribution in [0.4, 0.5) is 23.0 Å². The summed E-state index contributed by atoms with van der Waals surface area (Å²) in [4.78, 5) is 3.89. The summed E-state index contributed by atoms with van der Waals surface area (Å²) in [7, 11) is 0. The van der Waals surface area contributed by atoms with Crippen LogP contribution >= 0.6 is 24.0 Å². The monoisotopic (exact) mass is 311 g/mol.